The van der Waals surface area contributed by atoms with Gasteiger partial charge in [-0.3, -0.25) is 4.79 Å². The summed E-state index contributed by atoms with van der Waals surface area (Å²) in [7, 11) is 2.17. The quantitative estimate of drug-likeness (QED) is 0.450. The standard InChI is InChI=1S/C13H27NO2/c1-5-12(3)14(4)11-9-7-8-10-13(15)16-6-2/h12H,5-11H2,1-4H3. The van der Waals surface area contributed by atoms with Gasteiger partial charge in [0.1, 0.15) is 0 Å². The summed E-state index contributed by atoms with van der Waals surface area (Å²) in [6.07, 6.45) is 4.99. The van der Waals surface area contributed by atoms with Gasteiger partial charge in [-0.1, -0.05) is 13.3 Å². The first-order valence-electron chi connectivity index (χ1n) is 6.47. The molecule has 0 radical (unpaired) electrons. The molecular formula is C13H27NO2. The van der Waals surface area contributed by atoms with Crippen LogP contribution in [0.3, 0.4) is 0 Å². The van der Waals surface area contributed by atoms with E-state index >= 15 is 0 Å². The summed E-state index contributed by atoms with van der Waals surface area (Å²) in [5.41, 5.74) is 0. The molecule has 1 unspecified atom stereocenters. The molecule has 3 heteroatoms. The van der Waals surface area contributed by atoms with Crippen molar-refractivity contribution in [2.45, 2.75) is 58.9 Å². The van der Waals surface area contributed by atoms with Crippen LogP contribution in [0.1, 0.15) is 52.9 Å². The number of nitrogens with zero attached hydrogens (tertiary/aromatic N) is 1. The van der Waals surface area contributed by atoms with Gasteiger partial charge in [-0.2, -0.15) is 0 Å². The zero-order chi connectivity index (χ0) is 12.4. The highest BCUT2D eigenvalue weighted by Gasteiger charge is 2.06. The Labute approximate surface area is 100 Å². The van der Waals surface area contributed by atoms with Crippen LogP contribution in [-0.4, -0.2) is 37.1 Å². The Kier molecular flexibility index (Phi) is 9.30. The summed E-state index contributed by atoms with van der Waals surface area (Å²) in [5, 5.41) is 0. The van der Waals surface area contributed by atoms with E-state index in [-0.39, 0.29) is 5.97 Å². The lowest BCUT2D eigenvalue weighted by Gasteiger charge is -2.23. The zero-order valence-electron chi connectivity index (χ0n) is 11.3. The van der Waals surface area contributed by atoms with Gasteiger partial charge >= 0.3 is 5.97 Å². The van der Waals surface area contributed by atoms with Gasteiger partial charge in [-0.25, -0.2) is 0 Å². The summed E-state index contributed by atoms with van der Waals surface area (Å²) in [6, 6.07) is 0.657. The Bertz CT molecular complexity index is 183. The summed E-state index contributed by atoms with van der Waals surface area (Å²) < 4.78 is 4.88. The molecule has 0 aliphatic heterocycles. The van der Waals surface area contributed by atoms with E-state index in [2.05, 4.69) is 25.8 Å². The number of esters is 1. The lowest BCUT2D eigenvalue weighted by molar-refractivity contribution is -0.143. The van der Waals surface area contributed by atoms with E-state index in [1.165, 1.54) is 12.8 Å². The van der Waals surface area contributed by atoms with Crippen LogP contribution in [0.15, 0.2) is 0 Å². The molecule has 0 spiro atoms. The highest BCUT2D eigenvalue weighted by atomic mass is 16.5. The van der Waals surface area contributed by atoms with Crippen LogP contribution in [0.25, 0.3) is 0 Å². The van der Waals surface area contributed by atoms with Crippen LogP contribution in [0.2, 0.25) is 0 Å². The minimum Gasteiger partial charge on any atom is -0.466 e. The van der Waals surface area contributed by atoms with Gasteiger partial charge in [-0.15, -0.1) is 0 Å². The molecule has 1 atom stereocenters. The van der Waals surface area contributed by atoms with E-state index < -0.39 is 0 Å². The van der Waals surface area contributed by atoms with Crippen LogP contribution >= 0.6 is 0 Å². The minimum atomic E-state index is -0.0576. The zero-order valence-corrected chi connectivity index (χ0v) is 11.3. The summed E-state index contributed by atoms with van der Waals surface area (Å²) in [6.45, 7) is 7.92. The van der Waals surface area contributed by atoms with Crippen molar-refractivity contribution in [2.75, 3.05) is 20.2 Å². The molecule has 0 rings (SSSR count). The third-order valence-electron chi connectivity index (χ3n) is 3.04. The van der Waals surface area contributed by atoms with Crippen molar-refractivity contribution in [3.05, 3.63) is 0 Å². The van der Waals surface area contributed by atoms with Crippen molar-refractivity contribution in [3.8, 4) is 0 Å². The van der Waals surface area contributed by atoms with Gasteiger partial charge < -0.3 is 9.64 Å². The van der Waals surface area contributed by atoms with Crippen LogP contribution in [0.5, 0.6) is 0 Å². The number of hydrogen-bond donors (Lipinski definition) is 0. The molecule has 3 nitrogen and oxygen atoms in total. The first kappa shape index (κ1) is 15.4. The average Bonchev–Trinajstić information content (AvgIpc) is 2.27. The lowest BCUT2D eigenvalue weighted by Crippen LogP contribution is -2.29. The largest absolute Gasteiger partial charge is 0.466 e. The molecule has 0 aromatic rings. The minimum absolute atomic E-state index is 0.0576. The second-order valence-corrected chi connectivity index (χ2v) is 4.35. The topological polar surface area (TPSA) is 29.5 Å². The molecular weight excluding hydrogens is 202 g/mol. The molecule has 96 valence electrons. The van der Waals surface area contributed by atoms with Crippen molar-refractivity contribution in [1.82, 2.24) is 4.90 Å². The van der Waals surface area contributed by atoms with Gasteiger partial charge in [0.2, 0.25) is 0 Å². The van der Waals surface area contributed by atoms with Crippen molar-refractivity contribution >= 4 is 5.97 Å². The molecule has 0 fully saturated rings. The maximum Gasteiger partial charge on any atom is 0.305 e. The van der Waals surface area contributed by atoms with E-state index in [1.54, 1.807) is 0 Å². The maximum atomic E-state index is 11.1. The highest BCUT2D eigenvalue weighted by molar-refractivity contribution is 5.69. The van der Waals surface area contributed by atoms with Gasteiger partial charge in [0.15, 0.2) is 0 Å². The normalized spacial score (nSPS) is 12.8. The van der Waals surface area contributed by atoms with Crippen LogP contribution in [0.4, 0.5) is 0 Å². The van der Waals surface area contributed by atoms with E-state index in [0.717, 1.165) is 19.4 Å². The van der Waals surface area contributed by atoms with Gasteiger partial charge in [0.05, 0.1) is 6.61 Å². The number of carbonyl (C=O) groups excluding carboxylic acids is 1. The third kappa shape index (κ3) is 7.69. The Hall–Kier alpha value is -0.570. The summed E-state index contributed by atoms with van der Waals surface area (Å²) in [4.78, 5) is 13.4. The van der Waals surface area contributed by atoms with E-state index in [9.17, 15) is 4.79 Å². The summed E-state index contributed by atoms with van der Waals surface area (Å²) >= 11 is 0. The fraction of sp³-hybridized carbons (Fsp3) is 0.923. The molecule has 0 aromatic carbocycles. The number of carbonyl (C=O) groups is 1. The first-order valence-corrected chi connectivity index (χ1v) is 6.47. The van der Waals surface area contributed by atoms with E-state index in [4.69, 9.17) is 4.74 Å². The molecule has 0 saturated carbocycles. The van der Waals surface area contributed by atoms with Gasteiger partial charge in [-0.05, 0) is 46.7 Å². The highest BCUT2D eigenvalue weighted by Crippen LogP contribution is 2.05. The van der Waals surface area contributed by atoms with Crippen LogP contribution in [0, 0.1) is 0 Å². The fourth-order valence-electron chi connectivity index (χ4n) is 1.57. The van der Waals surface area contributed by atoms with E-state index in [0.29, 0.717) is 19.1 Å². The average molecular weight is 229 g/mol. The lowest BCUT2D eigenvalue weighted by atomic mass is 10.1. The Morgan fingerprint density at radius 1 is 1.25 bits per heavy atom. The number of unbranched alkanes of at least 4 members (excludes halogenated alkanes) is 2. The second kappa shape index (κ2) is 9.64. The third-order valence-corrected chi connectivity index (χ3v) is 3.04. The number of ether oxygens (including phenoxy) is 1. The molecule has 0 aliphatic carbocycles. The molecule has 0 saturated heterocycles. The molecule has 0 bridgehead atoms. The molecule has 0 N–H and O–H groups in total. The second-order valence-electron chi connectivity index (χ2n) is 4.35. The molecule has 0 amide bonds. The molecule has 16 heavy (non-hydrogen) atoms. The smallest absolute Gasteiger partial charge is 0.305 e. The van der Waals surface area contributed by atoms with Crippen molar-refractivity contribution in [1.29, 1.82) is 0 Å². The number of hydrogen-bond acceptors (Lipinski definition) is 3. The predicted molar refractivity (Wildman–Crippen MR) is 67.5 cm³/mol. The van der Waals surface area contributed by atoms with Gasteiger partial charge in [0, 0.05) is 12.5 Å². The van der Waals surface area contributed by atoms with Crippen molar-refractivity contribution < 1.29 is 9.53 Å². The Morgan fingerprint density at radius 3 is 2.50 bits per heavy atom. The SMILES string of the molecule is CCOC(=O)CCCCCN(C)C(C)CC. The molecule has 0 aromatic heterocycles. The molecule has 0 aliphatic rings. The van der Waals surface area contributed by atoms with Crippen LogP contribution < -0.4 is 0 Å². The monoisotopic (exact) mass is 229 g/mol. The van der Waals surface area contributed by atoms with E-state index in [1.807, 2.05) is 6.92 Å². The Morgan fingerprint density at radius 2 is 1.94 bits per heavy atom. The Balaban J connectivity index is 3.36. The first-order chi connectivity index (χ1) is 7.61. The van der Waals surface area contributed by atoms with Crippen molar-refractivity contribution in [3.63, 3.8) is 0 Å². The predicted octanol–water partition coefficient (Wildman–Crippen LogP) is 2.84. The van der Waals surface area contributed by atoms with Crippen LogP contribution in [-0.2, 0) is 9.53 Å². The number of rotatable bonds is 9. The maximum absolute atomic E-state index is 11.1. The molecule has 0 heterocycles. The fourth-order valence-corrected chi connectivity index (χ4v) is 1.57. The van der Waals surface area contributed by atoms with Gasteiger partial charge in [0.25, 0.3) is 0 Å². The summed E-state index contributed by atoms with van der Waals surface area (Å²) in [5.74, 6) is -0.0576. The van der Waals surface area contributed by atoms with Crippen molar-refractivity contribution in [2.24, 2.45) is 0 Å².